The van der Waals surface area contributed by atoms with Gasteiger partial charge in [0.05, 0.1) is 10.9 Å². The molecule has 0 unspecified atom stereocenters. The third-order valence-electron chi connectivity index (χ3n) is 10.7. The molecule has 0 spiro atoms. The number of likely N-dealkylation sites (tertiary alicyclic amines) is 1. The number of anilines is 1. The quantitative estimate of drug-likeness (QED) is 0.150. The van der Waals surface area contributed by atoms with Gasteiger partial charge in [0.15, 0.2) is 11.6 Å². The number of nitrogens with zero attached hydrogens (tertiary/aromatic N) is 8. The van der Waals surface area contributed by atoms with Gasteiger partial charge in [-0.3, -0.25) is 14.7 Å². The van der Waals surface area contributed by atoms with Crippen LogP contribution in [0.1, 0.15) is 63.6 Å². The van der Waals surface area contributed by atoms with E-state index < -0.39 is 5.82 Å². The van der Waals surface area contributed by atoms with Crippen LogP contribution >= 0.6 is 11.6 Å². The smallest absolute Gasteiger partial charge is 0.319 e. The molecule has 0 bridgehead atoms. The molecular weight excluding hydrogens is 671 g/mol. The summed E-state index contributed by atoms with van der Waals surface area (Å²) in [5.74, 6) is 0.772. The number of hydrogen-bond acceptors (Lipinski definition) is 10. The maximum atomic E-state index is 16.9. The van der Waals surface area contributed by atoms with Gasteiger partial charge in [-0.25, -0.2) is 4.39 Å². The first-order chi connectivity index (χ1) is 24.7. The van der Waals surface area contributed by atoms with E-state index in [9.17, 15) is 4.79 Å². The molecule has 8 rings (SSSR count). The summed E-state index contributed by atoms with van der Waals surface area (Å²) in [6.07, 6.45) is 9.71. The van der Waals surface area contributed by atoms with E-state index in [0.29, 0.717) is 53.7 Å². The summed E-state index contributed by atoms with van der Waals surface area (Å²) >= 11 is 6.64. The van der Waals surface area contributed by atoms with Gasteiger partial charge in [-0.1, -0.05) is 60.9 Å². The Hall–Kier alpha value is -4.68. The molecule has 51 heavy (non-hydrogen) atoms. The molecular formula is C38H40ClFN8O3. The minimum absolute atomic E-state index is 0.0382. The van der Waals surface area contributed by atoms with Crippen molar-refractivity contribution in [2.45, 2.75) is 63.5 Å². The molecule has 3 aliphatic heterocycles. The van der Waals surface area contributed by atoms with Gasteiger partial charge in [-0.15, -0.1) is 0 Å². The average molecular weight is 711 g/mol. The number of amides is 1. The predicted octanol–water partition coefficient (Wildman–Crippen LogP) is 6.90. The summed E-state index contributed by atoms with van der Waals surface area (Å²) in [6, 6.07) is 11.3. The van der Waals surface area contributed by atoms with Gasteiger partial charge in [0.25, 0.3) is 5.89 Å². The first-order valence-corrected chi connectivity index (χ1v) is 18.0. The SMILES string of the molecule is CC(C)c1noc(/C=C/C(=O)N2CC[C@@H](N(C)c3nc(OCC45CCCN4CCC5)nc4c(F)c(-c5cccc6cccc(Cl)c56)ncc34)C2)n1. The number of aromatic nitrogens is 5. The highest BCUT2D eigenvalue weighted by molar-refractivity contribution is 6.36. The molecule has 6 heterocycles. The number of ether oxygens (including phenoxy) is 1. The molecule has 3 aromatic heterocycles. The fourth-order valence-corrected chi connectivity index (χ4v) is 8.21. The van der Waals surface area contributed by atoms with Crippen molar-refractivity contribution in [3.8, 4) is 17.3 Å². The van der Waals surface area contributed by atoms with Crippen LogP contribution in [-0.2, 0) is 4.79 Å². The Morgan fingerprint density at radius 1 is 1.14 bits per heavy atom. The van der Waals surface area contributed by atoms with Gasteiger partial charge in [-0.2, -0.15) is 15.0 Å². The minimum Gasteiger partial charge on any atom is -0.461 e. The highest BCUT2D eigenvalue weighted by Crippen LogP contribution is 2.40. The topological polar surface area (TPSA) is 114 Å². The van der Waals surface area contributed by atoms with Crippen molar-refractivity contribution in [1.29, 1.82) is 0 Å². The molecule has 11 nitrogen and oxygen atoms in total. The molecule has 3 saturated heterocycles. The summed E-state index contributed by atoms with van der Waals surface area (Å²) in [6.45, 7) is 7.51. The van der Waals surface area contributed by atoms with Gasteiger partial charge in [0.2, 0.25) is 5.91 Å². The van der Waals surface area contributed by atoms with Crippen molar-refractivity contribution in [2.24, 2.45) is 0 Å². The number of rotatable bonds is 9. The third-order valence-corrected chi connectivity index (χ3v) is 11.0. The Morgan fingerprint density at radius 3 is 2.69 bits per heavy atom. The van der Waals surface area contributed by atoms with Crippen LogP contribution in [0.3, 0.4) is 0 Å². The standard InChI is InChI=1S/C38H40ClFN8O3/c1-23(2)35-42-29(51-45-35)12-13-30(49)47-19-14-25(21-47)46(3)36-27-20-41-33(26-10-4-8-24-9-5-11-28(39)31(24)26)32(40)34(27)43-37(44-36)50-22-38-15-6-17-48(38)18-7-16-38/h4-5,8-13,20,23,25H,6-7,14-19,21-22H2,1-3H3/b13-12+/t25-/m1/s1. The van der Waals surface area contributed by atoms with Crippen LogP contribution in [0.15, 0.2) is 53.2 Å². The molecule has 5 aromatic rings. The van der Waals surface area contributed by atoms with Gasteiger partial charge in [0.1, 0.15) is 23.6 Å². The molecule has 264 valence electrons. The number of fused-ring (bicyclic) bond motifs is 3. The first kappa shape index (κ1) is 33.5. The lowest BCUT2D eigenvalue weighted by Gasteiger charge is -2.31. The maximum absolute atomic E-state index is 16.9. The Bertz CT molecular complexity index is 2140. The fraction of sp³-hybridized carbons (Fsp3) is 0.421. The average Bonchev–Trinajstić information content (AvgIpc) is 3.95. The van der Waals surface area contributed by atoms with Crippen LogP contribution in [-0.4, -0.2) is 92.2 Å². The van der Waals surface area contributed by atoms with Crippen LogP contribution in [0.4, 0.5) is 10.2 Å². The highest BCUT2D eigenvalue weighted by atomic mass is 35.5. The molecule has 0 saturated carbocycles. The summed E-state index contributed by atoms with van der Waals surface area (Å²) in [4.78, 5) is 38.0. The normalized spacial score (nSPS) is 18.9. The largest absolute Gasteiger partial charge is 0.461 e. The van der Waals surface area contributed by atoms with Gasteiger partial charge in [-0.05, 0) is 56.6 Å². The summed E-state index contributed by atoms with van der Waals surface area (Å²) < 4.78 is 28.5. The first-order valence-electron chi connectivity index (χ1n) is 17.7. The highest BCUT2D eigenvalue weighted by Gasteiger charge is 2.45. The molecule has 0 aliphatic carbocycles. The number of likely N-dealkylation sites (N-methyl/N-ethyl adjacent to an activating group) is 1. The molecule has 3 aliphatic rings. The van der Waals surface area contributed by atoms with E-state index >= 15 is 4.39 Å². The van der Waals surface area contributed by atoms with Gasteiger partial charge >= 0.3 is 6.01 Å². The predicted molar refractivity (Wildman–Crippen MR) is 194 cm³/mol. The van der Waals surface area contributed by atoms with Crippen LogP contribution < -0.4 is 9.64 Å². The Morgan fingerprint density at radius 2 is 1.92 bits per heavy atom. The summed E-state index contributed by atoms with van der Waals surface area (Å²) in [5.41, 5.74) is 0.821. The number of pyridine rings is 1. The zero-order valence-corrected chi connectivity index (χ0v) is 29.7. The summed E-state index contributed by atoms with van der Waals surface area (Å²) in [5, 5.41) is 6.54. The van der Waals surface area contributed by atoms with E-state index in [1.807, 2.05) is 56.1 Å². The van der Waals surface area contributed by atoms with Crippen molar-refractivity contribution in [1.82, 2.24) is 34.9 Å². The number of hydrogen-bond donors (Lipinski definition) is 0. The molecule has 1 atom stereocenters. The van der Waals surface area contributed by atoms with Crippen LogP contribution in [0.5, 0.6) is 6.01 Å². The van der Waals surface area contributed by atoms with Crippen molar-refractivity contribution in [3.63, 3.8) is 0 Å². The number of halogens is 2. The van der Waals surface area contributed by atoms with Crippen LogP contribution in [0, 0.1) is 5.82 Å². The minimum atomic E-state index is -0.571. The Balaban J connectivity index is 1.12. The van der Waals surface area contributed by atoms with E-state index in [4.69, 9.17) is 30.8 Å². The van der Waals surface area contributed by atoms with Crippen LogP contribution in [0.2, 0.25) is 5.02 Å². The number of carbonyl (C=O) groups excluding carboxylic acids is 1. The molecule has 13 heteroatoms. The van der Waals surface area contributed by atoms with E-state index in [1.165, 1.54) is 6.08 Å². The van der Waals surface area contributed by atoms with Crippen molar-refractivity contribution in [2.75, 3.05) is 44.7 Å². The molecule has 1 amide bonds. The molecule has 0 radical (unpaired) electrons. The van der Waals surface area contributed by atoms with Crippen molar-refractivity contribution < 1.29 is 18.4 Å². The number of benzene rings is 2. The summed E-state index contributed by atoms with van der Waals surface area (Å²) in [7, 11) is 1.91. The monoisotopic (exact) mass is 710 g/mol. The lowest BCUT2D eigenvalue weighted by Crippen LogP contribution is -2.43. The number of carbonyl (C=O) groups is 1. The molecule has 0 N–H and O–H groups in total. The maximum Gasteiger partial charge on any atom is 0.319 e. The van der Waals surface area contributed by atoms with E-state index in [2.05, 4.69) is 20.0 Å². The lowest BCUT2D eigenvalue weighted by atomic mass is 9.95. The zero-order valence-electron chi connectivity index (χ0n) is 29.0. The van der Waals surface area contributed by atoms with Crippen molar-refractivity contribution >= 4 is 51.1 Å². The second-order valence-electron chi connectivity index (χ2n) is 14.2. The second kappa shape index (κ2) is 13.5. The van der Waals surface area contributed by atoms with Crippen molar-refractivity contribution in [3.05, 3.63) is 71.2 Å². The van der Waals surface area contributed by atoms with E-state index in [-0.39, 0.29) is 46.5 Å². The van der Waals surface area contributed by atoms with Gasteiger partial charge in [0, 0.05) is 66.4 Å². The lowest BCUT2D eigenvalue weighted by molar-refractivity contribution is -0.124. The fourth-order valence-electron chi connectivity index (χ4n) is 7.92. The Labute approximate surface area is 300 Å². The molecule has 2 aromatic carbocycles. The zero-order chi connectivity index (χ0) is 35.3. The van der Waals surface area contributed by atoms with E-state index in [0.717, 1.165) is 49.5 Å². The molecule has 3 fully saturated rings. The van der Waals surface area contributed by atoms with E-state index in [1.54, 1.807) is 23.2 Å². The van der Waals surface area contributed by atoms with Crippen LogP contribution in [0.25, 0.3) is 39.0 Å². The Kier molecular flexibility index (Phi) is 8.83. The second-order valence-corrected chi connectivity index (χ2v) is 14.6. The third kappa shape index (κ3) is 6.18. The van der Waals surface area contributed by atoms with Gasteiger partial charge < -0.3 is 19.1 Å².